The fourth-order valence-electron chi connectivity index (χ4n) is 1.49. The summed E-state index contributed by atoms with van der Waals surface area (Å²) < 4.78 is 26.4. The highest BCUT2D eigenvalue weighted by molar-refractivity contribution is 7.91. The fourth-order valence-corrected chi connectivity index (χ4v) is 4.57. The standard InChI is InChI=1S/C11H18N2O2S3/c1-4-9-5-6-11(17-9)18(14,15)13(3)8(2)7-10(12)16/h5-6,8H,4,7H2,1-3H3,(H2,12,16). The summed E-state index contributed by atoms with van der Waals surface area (Å²) in [6, 6.07) is 3.27. The van der Waals surface area contributed by atoms with Crippen LogP contribution in [-0.2, 0) is 16.4 Å². The van der Waals surface area contributed by atoms with E-state index in [2.05, 4.69) is 0 Å². The van der Waals surface area contributed by atoms with E-state index in [1.807, 2.05) is 13.0 Å². The van der Waals surface area contributed by atoms with Crippen LogP contribution in [-0.4, -0.2) is 30.8 Å². The van der Waals surface area contributed by atoms with Gasteiger partial charge in [0.1, 0.15) is 4.21 Å². The molecule has 0 aliphatic rings. The highest BCUT2D eigenvalue weighted by Gasteiger charge is 2.26. The van der Waals surface area contributed by atoms with Gasteiger partial charge in [-0.3, -0.25) is 0 Å². The van der Waals surface area contributed by atoms with Crippen LogP contribution in [0.25, 0.3) is 0 Å². The second-order valence-electron chi connectivity index (χ2n) is 4.12. The lowest BCUT2D eigenvalue weighted by atomic mass is 10.2. The van der Waals surface area contributed by atoms with Crippen LogP contribution in [0.15, 0.2) is 16.3 Å². The topological polar surface area (TPSA) is 63.4 Å². The Morgan fingerprint density at radius 3 is 2.61 bits per heavy atom. The first-order chi connectivity index (χ1) is 8.28. The Kier molecular flexibility index (Phi) is 5.27. The number of sulfonamides is 1. The number of aryl methyl sites for hydroxylation is 1. The summed E-state index contributed by atoms with van der Waals surface area (Å²) >= 11 is 6.12. The molecule has 0 aromatic carbocycles. The maximum Gasteiger partial charge on any atom is 0.252 e. The molecule has 0 radical (unpaired) electrons. The summed E-state index contributed by atoms with van der Waals surface area (Å²) in [5.74, 6) is 0. The van der Waals surface area contributed by atoms with Crippen molar-refractivity contribution in [2.45, 2.75) is 36.9 Å². The van der Waals surface area contributed by atoms with Crippen molar-refractivity contribution in [1.29, 1.82) is 0 Å². The number of thiocarbonyl (C=S) groups is 1. The third-order valence-corrected chi connectivity index (χ3v) is 6.57. The zero-order valence-corrected chi connectivity index (χ0v) is 13.2. The number of hydrogen-bond acceptors (Lipinski definition) is 4. The summed E-state index contributed by atoms with van der Waals surface area (Å²) in [7, 11) is -1.88. The molecule has 1 aromatic rings. The number of hydrogen-bond donors (Lipinski definition) is 1. The van der Waals surface area contributed by atoms with E-state index in [0.29, 0.717) is 15.6 Å². The van der Waals surface area contributed by atoms with Crippen LogP contribution in [0.1, 0.15) is 25.1 Å². The number of nitrogens with zero attached hydrogens (tertiary/aromatic N) is 1. The van der Waals surface area contributed by atoms with Crippen molar-refractivity contribution in [3.8, 4) is 0 Å². The largest absolute Gasteiger partial charge is 0.393 e. The van der Waals surface area contributed by atoms with Gasteiger partial charge in [0.2, 0.25) is 0 Å². The van der Waals surface area contributed by atoms with E-state index >= 15 is 0 Å². The average molecular weight is 306 g/mol. The molecule has 2 N–H and O–H groups in total. The zero-order chi connectivity index (χ0) is 13.9. The summed E-state index contributed by atoms with van der Waals surface area (Å²) in [6.45, 7) is 3.80. The lowest BCUT2D eigenvalue weighted by Gasteiger charge is -2.23. The maximum absolute atomic E-state index is 12.3. The monoisotopic (exact) mass is 306 g/mol. The summed E-state index contributed by atoms with van der Waals surface area (Å²) in [5.41, 5.74) is 5.45. The first-order valence-corrected chi connectivity index (χ1v) is 8.30. The minimum Gasteiger partial charge on any atom is -0.393 e. The van der Waals surface area contributed by atoms with E-state index in [-0.39, 0.29) is 6.04 Å². The third kappa shape index (κ3) is 3.50. The van der Waals surface area contributed by atoms with E-state index in [1.165, 1.54) is 15.6 Å². The number of thiophene rings is 1. The Labute approximate surface area is 118 Å². The van der Waals surface area contributed by atoms with Crippen molar-refractivity contribution < 1.29 is 8.42 Å². The summed E-state index contributed by atoms with van der Waals surface area (Å²) in [6.07, 6.45) is 1.23. The van der Waals surface area contributed by atoms with Gasteiger partial charge in [-0.1, -0.05) is 19.1 Å². The van der Waals surface area contributed by atoms with Crippen molar-refractivity contribution in [2.75, 3.05) is 7.05 Å². The second kappa shape index (κ2) is 6.10. The Morgan fingerprint density at radius 2 is 2.17 bits per heavy atom. The molecule has 0 aliphatic carbocycles. The molecule has 4 nitrogen and oxygen atoms in total. The molecule has 0 spiro atoms. The highest BCUT2D eigenvalue weighted by Crippen LogP contribution is 2.26. The van der Waals surface area contributed by atoms with Gasteiger partial charge in [-0.25, -0.2) is 8.42 Å². The highest BCUT2D eigenvalue weighted by atomic mass is 32.2. The van der Waals surface area contributed by atoms with Gasteiger partial charge in [0.05, 0.1) is 4.99 Å². The van der Waals surface area contributed by atoms with Gasteiger partial charge < -0.3 is 5.73 Å². The summed E-state index contributed by atoms with van der Waals surface area (Å²) in [4.78, 5) is 1.38. The number of rotatable bonds is 6. The number of nitrogens with two attached hydrogens (primary N) is 1. The predicted octanol–water partition coefficient (Wildman–Crippen LogP) is 2.00. The zero-order valence-electron chi connectivity index (χ0n) is 10.7. The first-order valence-electron chi connectivity index (χ1n) is 5.64. The van der Waals surface area contributed by atoms with Crippen LogP contribution in [0.4, 0.5) is 0 Å². The van der Waals surface area contributed by atoms with Crippen molar-refractivity contribution in [2.24, 2.45) is 5.73 Å². The lowest BCUT2D eigenvalue weighted by molar-refractivity contribution is 0.398. The minimum atomic E-state index is -3.44. The van der Waals surface area contributed by atoms with E-state index in [9.17, 15) is 8.42 Å². The van der Waals surface area contributed by atoms with E-state index in [4.69, 9.17) is 18.0 Å². The average Bonchev–Trinajstić information content (AvgIpc) is 2.76. The van der Waals surface area contributed by atoms with Crippen molar-refractivity contribution in [1.82, 2.24) is 4.31 Å². The van der Waals surface area contributed by atoms with Crippen LogP contribution in [0, 0.1) is 0 Å². The molecular weight excluding hydrogens is 288 g/mol. The predicted molar refractivity (Wildman–Crippen MR) is 79.5 cm³/mol. The maximum atomic E-state index is 12.3. The second-order valence-corrected chi connectivity index (χ2v) is 8.03. The van der Waals surface area contributed by atoms with Gasteiger partial charge in [0.25, 0.3) is 10.0 Å². The van der Waals surface area contributed by atoms with Gasteiger partial charge in [-0.15, -0.1) is 11.3 Å². The normalized spacial score (nSPS) is 13.8. The molecule has 0 bridgehead atoms. The molecule has 0 aliphatic heterocycles. The Bertz CT molecular complexity index is 522. The van der Waals surface area contributed by atoms with Crippen LogP contribution < -0.4 is 5.73 Å². The quantitative estimate of drug-likeness (QED) is 0.817. The third-order valence-electron chi connectivity index (χ3n) is 2.74. The lowest BCUT2D eigenvalue weighted by Crippen LogP contribution is -2.37. The minimum absolute atomic E-state index is 0.236. The first kappa shape index (κ1) is 15.6. The Hall–Kier alpha value is -0.500. The van der Waals surface area contributed by atoms with Crippen molar-refractivity contribution in [3.63, 3.8) is 0 Å². The van der Waals surface area contributed by atoms with Crippen LogP contribution in [0.5, 0.6) is 0 Å². The van der Waals surface area contributed by atoms with E-state index in [1.54, 1.807) is 20.0 Å². The van der Waals surface area contributed by atoms with E-state index in [0.717, 1.165) is 11.3 Å². The summed E-state index contributed by atoms with van der Waals surface area (Å²) in [5, 5.41) is 0. The molecular formula is C11H18N2O2S3. The van der Waals surface area contributed by atoms with Gasteiger partial charge in [0, 0.05) is 24.4 Å². The van der Waals surface area contributed by atoms with Gasteiger partial charge in [-0.2, -0.15) is 4.31 Å². The van der Waals surface area contributed by atoms with Crippen LogP contribution in [0.2, 0.25) is 0 Å². The molecule has 1 atom stereocenters. The van der Waals surface area contributed by atoms with Gasteiger partial charge in [0.15, 0.2) is 0 Å². The van der Waals surface area contributed by atoms with E-state index < -0.39 is 10.0 Å². The SMILES string of the molecule is CCc1ccc(S(=O)(=O)N(C)C(C)CC(N)=S)s1. The molecule has 0 amide bonds. The molecule has 1 rings (SSSR count). The van der Waals surface area contributed by atoms with Crippen molar-refractivity contribution in [3.05, 3.63) is 17.0 Å². The molecule has 0 fully saturated rings. The molecule has 0 saturated heterocycles. The smallest absolute Gasteiger partial charge is 0.252 e. The van der Waals surface area contributed by atoms with Crippen LogP contribution in [0.3, 0.4) is 0 Å². The van der Waals surface area contributed by atoms with Gasteiger partial charge in [-0.05, 0) is 25.5 Å². The molecule has 1 unspecified atom stereocenters. The van der Waals surface area contributed by atoms with Crippen LogP contribution >= 0.6 is 23.6 Å². The molecule has 18 heavy (non-hydrogen) atoms. The molecule has 1 aromatic heterocycles. The molecule has 102 valence electrons. The van der Waals surface area contributed by atoms with Gasteiger partial charge >= 0.3 is 0 Å². The Morgan fingerprint density at radius 1 is 1.56 bits per heavy atom. The Balaban J connectivity index is 2.95. The molecule has 1 heterocycles. The van der Waals surface area contributed by atoms with Crippen molar-refractivity contribution >= 4 is 38.6 Å². The molecule has 7 heteroatoms. The fraction of sp³-hybridized carbons (Fsp3) is 0.545. The molecule has 0 saturated carbocycles.